The number of hydrogen-bond donors (Lipinski definition) is 9. The van der Waals surface area contributed by atoms with E-state index in [4.69, 9.17) is 16.0 Å². The number of carbonyl (C=O) groups excluding carboxylic acids is 7. The Morgan fingerprint density at radius 3 is 2.13 bits per heavy atom. The van der Waals surface area contributed by atoms with Gasteiger partial charge in [-0.2, -0.15) is 5.10 Å². The van der Waals surface area contributed by atoms with Crippen LogP contribution in [0.1, 0.15) is 102 Å². The molecule has 1 heterocycles. The molecule has 79 heavy (non-hydrogen) atoms. The monoisotopic (exact) mass is 1080 g/mol. The molecule has 0 saturated heterocycles. The Hall–Kier alpha value is -8.72. The van der Waals surface area contributed by atoms with Gasteiger partial charge in [0, 0.05) is 59.9 Å². The van der Waals surface area contributed by atoms with Crippen LogP contribution in [-0.4, -0.2) is 114 Å². The third-order valence-electron chi connectivity index (χ3n) is 13.5. The molecule has 21 nitrogen and oxygen atoms in total. The SMILES string of the molecule is CN[C@H](C(=O)NC(C(=O)N(C)C/C=C(\C)C(=O)O)C(C)(C)C)C(C)(C)c1cccc(NC(=O)OCc2ccc(NC(=O)[C@H](C)NC(=O)CNC(=O)CCCCC(=O)N3Cc4ccccc4C(=N)C(=NN)c4ccccc43)cc2)c1. The molecule has 0 aliphatic carbocycles. The third kappa shape index (κ3) is 16.6. The van der Waals surface area contributed by atoms with Gasteiger partial charge in [-0.1, -0.05) is 107 Å². The summed E-state index contributed by atoms with van der Waals surface area (Å²) in [5.41, 5.74) is 3.64. The number of likely N-dealkylation sites (N-methyl/N-ethyl adjacent to an activating group) is 2. The average Bonchev–Trinajstić information content (AvgIpc) is 3.41. The maximum Gasteiger partial charge on any atom is 0.411 e. The van der Waals surface area contributed by atoms with E-state index < -0.39 is 58.7 Å². The standard InChI is InChI=1S/C58H73N11O10/c1-35(55(76)77)29-30-68(9)54(75)51(57(3,4)5)66-53(74)50(61-8)58(6,7)39-18-16-19-41(31-39)65-56(78)79-34-37-25-27-40(28-26-37)64-52(73)36(2)63-46(71)32-62-45(70)23-14-15-24-47(72)69-33-38-17-10-11-20-42(38)48(59)49(67-60)43-21-12-13-22-44(43)69/h10-13,16-22,25-29,31,36,50-51,59,61H,14-15,23-24,30,32-34,60H2,1-9H3,(H,62,70)(H,63,71)(H,64,73)(H,65,78)(H,66,74)(H,76,77)/b35-29+,59-48?,67-49?/t36-,50+,51?/m0/s1. The second-order valence-electron chi connectivity index (χ2n) is 20.9. The molecule has 21 heteroatoms. The number of benzene rings is 4. The zero-order valence-corrected chi connectivity index (χ0v) is 46.2. The first-order valence-electron chi connectivity index (χ1n) is 25.8. The van der Waals surface area contributed by atoms with E-state index in [1.807, 2.05) is 58.9 Å². The number of ether oxygens (including phenoxy) is 1. The molecule has 7 amide bonds. The van der Waals surface area contributed by atoms with Crippen molar-refractivity contribution >= 4 is 76.0 Å². The summed E-state index contributed by atoms with van der Waals surface area (Å²) in [5, 5.41) is 38.5. The summed E-state index contributed by atoms with van der Waals surface area (Å²) in [6, 6.07) is 25.2. The zero-order valence-electron chi connectivity index (χ0n) is 46.2. The fraction of sp³-hybridized carbons (Fsp3) is 0.379. The summed E-state index contributed by atoms with van der Waals surface area (Å²) in [5.74, 6) is 2.20. The van der Waals surface area contributed by atoms with Crippen LogP contribution in [0, 0.1) is 10.8 Å². The van der Waals surface area contributed by atoms with Gasteiger partial charge in [0.2, 0.25) is 35.4 Å². The molecule has 3 atom stereocenters. The minimum atomic E-state index is -1.09. The molecule has 5 rings (SSSR count). The van der Waals surface area contributed by atoms with Gasteiger partial charge in [-0.15, -0.1) is 0 Å². The van der Waals surface area contributed by atoms with Crippen LogP contribution in [0.2, 0.25) is 0 Å². The van der Waals surface area contributed by atoms with E-state index in [1.165, 1.54) is 24.8 Å². The predicted molar refractivity (Wildman–Crippen MR) is 302 cm³/mol. The Morgan fingerprint density at radius 2 is 1.47 bits per heavy atom. The first-order valence-corrected chi connectivity index (χ1v) is 25.8. The Balaban J connectivity index is 1.03. The number of unbranched alkanes of at least 4 members (excludes halogenated alkanes) is 1. The van der Waals surface area contributed by atoms with Gasteiger partial charge in [0.25, 0.3) is 0 Å². The number of nitrogens with one attached hydrogen (secondary N) is 7. The number of rotatable bonds is 22. The highest BCUT2D eigenvalue weighted by Crippen LogP contribution is 2.32. The van der Waals surface area contributed by atoms with Crippen molar-refractivity contribution < 1.29 is 48.2 Å². The smallest absolute Gasteiger partial charge is 0.411 e. The van der Waals surface area contributed by atoms with Gasteiger partial charge in [0.1, 0.15) is 24.4 Å². The zero-order chi connectivity index (χ0) is 58.2. The molecular weight excluding hydrogens is 1010 g/mol. The number of carboxylic acid groups (broad SMARTS) is 1. The van der Waals surface area contributed by atoms with E-state index in [1.54, 1.807) is 91.8 Å². The van der Waals surface area contributed by atoms with E-state index in [9.17, 15) is 43.5 Å². The number of amides is 7. The lowest BCUT2D eigenvalue weighted by atomic mass is 9.76. The summed E-state index contributed by atoms with van der Waals surface area (Å²) >= 11 is 0. The van der Waals surface area contributed by atoms with Crippen molar-refractivity contribution in [3.05, 3.63) is 137 Å². The minimum absolute atomic E-state index is 0.0429. The third-order valence-corrected chi connectivity index (χ3v) is 13.5. The van der Waals surface area contributed by atoms with Crippen molar-refractivity contribution in [1.29, 1.82) is 5.41 Å². The lowest BCUT2D eigenvalue weighted by Crippen LogP contribution is -2.60. The van der Waals surface area contributed by atoms with Gasteiger partial charge in [-0.05, 0) is 86.2 Å². The maximum atomic E-state index is 14.0. The lowest BCUT2D eigenvalue weighted by molar-refractivity contribution is -0.139. The van der Waals surface area contributed by atoms with E-state index in [2.05, 4.69) is 37.0 Å². The Kier molecular flexibility index (Phi) is 21.3. The van der Waals surface area contributed by atoms with Gasteiger partial charge in [0.15, 0.2) is 0 Å². The summed E-state index contributed by atoms with van der Waals surface area (Å²) < 4.78 is 5.48. The van der Waals surface area contributed by atoms with Crippen molar-refractivity contribution in [2.45, 2.75) is 111 Å². The van der Waals surface area contributed by atoms with Crippen LogP contribution in [0.15, 0.2) is 114 Å². The summed E-state index contributed by atoms with van der Waals surface area (Å²) in [6.07, 6.45) is 1.68. The van der Waals surface area contributed by atoms with Crippen LogP contribution in [0.5, 0.6) is 0 Å². The highest BCUT2D eigenvalue weighted by Gasteiger charge is 2.41. The van der Waals surface area contributed by atoms with E-state index in [-0.39, 0.29) is 73.8 Å². The molecule has 0 fully saturated rings. The van der Waals surface area contributed by atoms with Crippen molar-refractivity contribution in [1.82, 2.24) is 26.2 Å². The number of para-hydroxylation sites is 1. The number of hydrazone groups is 1. The van der Waals surface area contributed by atoms with Crippen LogP contribution in [0.4, 0.5) is 21.9 Å². The molecule has 0 bridgehead atoms. The molecule has 10 N–H and O–H groups in total. The Morgan fingerprint density at radius 1 is 0.810 bits per heavy atom. The second kappa shape index (κ2) is 27.5. The number of carboxylic acids is 1. The number of nitrogens with two attached hydrogens (primary N) is 1. The van der Waals surface area contributed by atoms with Crippen LogP contribution in [0.3, 0.4) is 0 Å². The summed E-state index contributed by atoms with van der Waals surface area (Å²) in [6.45, 7) is 11.9. The van der Waals surface area contributed by atoms with Gasteiger partial charge in [-0.25, -0.2) is 9.59 Å². The topological polar surface area (TPSA) is 307 Å². The van der Waals surface area contributed by atoms with Gasteiger partial charge >= 0.3 is 12.1 Å². The molecule has 1 unspecified atom stereocenters. The largest absolute Gasteiger partial charge is 0.478 e. The van der Waals surface area contributed by atoms with E-state index >= 15 is 0 Å². The number of fused-ring (bicyclic) bond motifs is 2. The molecule has 0 radical (unpaired) electrons. The second-order valence-corrected chi connectivity index (χ2v) is 20.9. The van der Waals surface area contributed by atoms with Gasteiger partial charge < -0.3 is 52.1 Å². The molecule has 0 saturated carbocycles. The van der Waals surface area contributed by atoms with Gasteiger partial charge in [-0.3, -0.25) is 39.5 Å². The lowest BCUT2D eigenvalue weighted by Gasteiger charge is -2.38. The first-order chi connectivity index (χ1) is 37.3. The molecule has 420 valence electrons. The van der Waals surface area contributed by atoms with Crippen molar-refractivity contribution in [2.75, 3.05) is 42.7 Å². The molecule has 4 aromatic rings. The fourth-order valence-corrected chi connectivity index (χ4v) is 8.78. The molecule has 1 aliphatic heterocycles. The molecular formula is C58H73N11O10. The minimum Gasteiger partial charge on any atom is -0.478 e. The normalized spacial score (nSPS) is 14.2. The quantitative estimate of drug-likeness (QED) is 0.0198. The van der Waals surface area contributed by atoms with E-state index in [0.717, 1.165) is 5.56 Å². The van der Waals surface area contributed by atoms with Crippen LogP contribution in [-0.2, 0) is 56.9 Å². The van der Waals surface area contributed by atoms with Crippen molar-refractivity contribution in [2.24, 2.45) is 16.4 Å². The van der Waals surface area contributed by atoms with Crippen LogP contribution in [0.25, 0.3) is 0 Å². The molecule has 4 aromatic carbocycles. The first kappa shape index (κ1) is 61.1. The van der Waals surface area contributed by atoms with Crippen LogP contribution >= 0.6 is 0 Å². The number of hydrogen-bond acceptors (Lipinski definition) is 13. The number of nitrogens with zero attached hydrogens (tertiary/aromatic N) is 3. The number of carbonyl (C=O) groups is 8. The van der Waals surface area contributed by atoms with Crippen LogP contribution < -0.4 is 42.6 Å². The number of aliphatic carboxylic acids is 1. The Bertz CT molecular complexity index is 2980. The predicted octanol–water partition coefficient (Wildman–Crippen LogP) is 5.72. The average molecular weight is 1080 g/mol. The van der Waals surface area contributed by atoms with Crippen molar-refractivity contribution in [3.63, 3.8) is 0 Å². The molecule has 0 aromatic heterocycles. The molecule has 0 spiro atoms. The summed E-state index contributed by atoms with van der Waals surface area (Å²) in [4.78, 5) is 107. The van der Waals surface area contributed by atoms with E-state index in [0.29, 0.717) is 52.2 Å². The summed E-state index contributed by atoms with van der Waals surface area (Å²) in [7, 11) is 3.18. The van der Waals surface area contributed by atoms with Crippen molar-refractivity contribution in [3.8, 4) is 0 Å². The number of anilines is 3. The highest BCUT2D eigenvalue weighted by atomic mass is 16.5. The highest BCUT2D eigenvalue weighted by molar-refractivity contribution is 6.53. The molecule has 1 aliphatic rings. The maximum absolute atomic E-state index is 14.0. The Labute approximate surface area is 460 Å². The van der Waals surface area contributed by atoms with Gasteiger partial charge in [0.05, 0.1) is 30.5 Å². The fourth-order valence-electron chi connectivity index (χ4n) is 8.78.